The molecule has 0 heterocycles. The Morgan fingerprint density at radius 2 is 1.82 bits per heavy atom. The molecule has 2 heteroatoms. The van der Waals surface area contributed by atoms with Gasteiger partial charge >= 0.3 is 0 Å². The smallest absolute Gasteiger partial charge is 0.00679 e. The molecule has 0 bridgehead atoms. The van der Waals surface area contributed by atoms with Crippen molar-refractivity contribution in [3.05, 3.63) is 35.9 Å². The molecule has 1 nitrogen and oxygen atoms in total. The number of benzene rings is 1. The van der Waals surface area contributed by atoms with Gasteiger partial charge in [-0.3, -0.25) is 0 Å². The van der Waals surface area contributed by atoms with Gasteiger partial charge in [-0.05, 0) is 50.5 Å². The van der Waals surface area contributed by atoms with Gasteiger partial charge in [-0.25, -0.2) is 0 Å². The average molecular weight is 249 g/mol. The lowest BCUT2D eigenvalue weighted by Crippen LogP contribution is -2.35. The van der Waals surface area contributed by atoms with Gasteiger partial charge < -0.3 is 5.32 Å². The first-order valence-corrected chi connectivity index (χ1v) is 7.97. The molecule has 0 saturated heterocycles. The summed E-state index contributed by atoms with van der Waals surface area (Å²) < 4.78 is 0. The van der Waals surface area contributed by atoms with E-state index in [2.05, 4.69) is 41.9 Å². The Labute approximate surface area is 109 Å². The van der Waals surface area contributed by atoms with E-state index < -0.39 is 0 Å². The fraction of sp³-hybridized carbons (Fsp3) is 0.600. The lowest BCUT2D eigenvalue weighted by Gasteiger charge is -2.28. The summed E-state index contributed by atoms with van der Waals surface area (Å²) in [5.74, 6) is 0. The first kappa shape index (κ1) is 13.0. The summed E-state index contributed by atoms with van der Waals surface area (Å²) >= 11 is 2.04. The molecular formula is C15H23NS. The first-order chi connectivity index (χ1) is 8.38. The molecule has 94 valence electrons. The molecule has 1 aromatic rings. The monoisotopic (exact) mass is 249 g/mol. The number of nitrogens with one attached hydrogen (secondary N) is 1. The van der Waals surface area contributed by atoms with Crippen LogP contribution >= 0.6 is 11.8 Å². The van der Waals surface area contributed by atoms with Crippen molar-refractivity contribution < 1.29 is 0 Å². The van der Waals surface area contributed by atoms with Crippen molar-refractivity contribution in [3.63, 3.8) is 0 Å². The molecule has 0 spiro atoms. The number of hydrogen-bond donors (Lipinski definition) is 1. The van der Waals surface area contributed by atoms with Crippen molar-refractivity contribution in [1.82, 2.24) is 5.32 Å². The fourth-order valence-corrected chi connectivity index (χ4v) is 3.31. The highest BCUT2D eigenvalue weighted by Gasteiger charge is 2.19. The zero-order chi connectivity index (χ0) is 11.9. The molecule has 1 N–H and O–H groups in total. The van der Waals surface area contributed by atoms with Gasteiger partial charge in [0, 0.05) is 11.3 Å². The molecular weight excluding hydrogens is 226 g/mol. The summed E-state index contributed by atoms with van der Waals surface area (Å²) in [5.41, 5.74) is 1.44. The van der Waals surface area contributed by atoms with Gasteiger partial charge in [-0.15, -0.1) is 0 Å². The van der Waals surface area contributed by atoms with Crippen molar-refractivity contribution in [1.29, 1.82) is 0 Å². The van der Waals surface area contributed by atoms with Gasteiger partial charge in [0.15, 0.2) is 0 Å². The minimum absolute atomic E-state index is 0.766. The summed E-state index contributed by atoms with van der Waals surface area (Å²) in [4.78, 5) is 0. The third kappa shape index (κ3) is 4.36. The van der Waals surface area contributed by atoms with Crippen LogP contribution in [0.1, 0.15) is 31.2 Å². The lowest BCUT2D eigenvalue weighted by atomic mass is 9.95. The Morgan fingerprint density at radius 1 is 1.12 bits per heavy atom. The normalized spacial score (nSPS) is 24.8. The molecule has 1 aliphatic carbocycles. The molecule has 2 rings (SSSR count). The van der Waals surface area contributed by atoms with E-state index in [0.717, 1.165) is 24.3 Å². The zero-order valence-electron chi connectivity index (χ0n) is 10.7. The van der Waals surface area contributed by atoms with Crippen molar-refractivity contribution in [2.24, 2.45) is 0 Å². The number of hydrogen-bond acceptors (Lipinski definition) is 2. The van der Waals surface area contributed by atoms with Crippen LogP contribution in [0, 0.1) is 0 Å². The highest BCUT2D eigenvalue weighted by Crippen LogP contribution is 2.26. The molecule has 1 aromatic carbocycles. The maximum absolute atomic E-state index is 3.71. The van der Waals surface area contributed by atoms with E-state index in [1.165, 1.54) is 31.2 Å². The predicted molar refractivity (Wildman–Crippen MR) is 77.7 cm³/mol. The molecule has 1 fully saturated rings. The Balaban J connectivity index is 1.63. The fourth-order valence-electron chi connectivity index (χ4n) is 2.57. The topological polar surface area (TPSA) is 12.0 Å². The number of rotatable bonds is 5. The van der Waals surface area contributed by atoms with Gasteiger partial charge in [0.25, 0.3) is 0 Å². The van der Waals surface area contributed by atoms with Gasteiger partial charge in [0.05, 0.1) is 0 Å². The minimum atomic E-state index is 0.766. The van der Waals surface area contributed by atoms with E-state index >= 15 is 0 Å². The molecule has 0 unspecified atom stereocenters. The summed E-state index contributed by atoms with van der Waals surface area (Å²) in [6.45, 7) is 1.12. The predicted octanol–water partition coefficient (Wildman–Crippen LogP) is 3.49. The Hall–Kier alpha value is -0.470. The van der Waals surface area contributed by atoms with Crippen LogP contribution in [0.2, 0.25) is 0 Å². The minimum Gasteiger partial charge on any atom is -0.314 e. The first-order valence-electron chi connectivity index (χ1n) is 6.68. The van der Waals surface area contributed by atoms with Crippen molar-refractivity contribution in [2.45, 2.75) is 43.4 Å². The highest BCUT2D eigenvalue weighted by atomic mass is 32.2. The van der Waals surface area contributed by atoms with E-state index in [1.54, 1.807) is 0 Å². The molecule has 0 aliphatic heterocycles. The second-order valence-corrected chi connectivity index (χ2v) is 6.04. The van der Waals surface area contributed by atoms with Crippen molar-refractivity contribution in [2.75, 3.05) is 12.8 Å². The van der Waals surface area contributed by atoms with Gasteiger partial charge in [0.1, 0.15) is 0 Å². The summed E-state index contributed by atoms with van der Waals surface area (Å²) in [7, 11) is 0. The maximum atomic E-state index is 3.71. The molecule has 0 radical (unpaired) electrons. The van der Waals surface area contributed by atoms with Crippen LogP contribution in [-0.4, -0.2) is 24.1 Å². The highest BCUT2D eigenvalue weighted by molar-refractivity contribution is 7.99. The Kier molecular flexibility index (Phi) is 5.40. The second kappa shape index (κ2) is 7.07. The van der Waals surface area contributed by atoms with Crippen molar-refractivity contribution in [3.8, 4) is 0 Å². The van der Waals surface area contributed by atoms with Crippen molar-refractivity contribution >= 4 is 11.8 Å². The average Bonchev–Trinajstić information content (AvgIpc) is 2.41. The maximum Gasteiger partial charge on any atom is 0.00679 e. The largest absolute Gasteiger partial charge is 0.314 e. The van der Waals surface area contributed by atoms with Crippen LogP contribution in [0.5, 0.6) is 0 Å². The molecule has 1 saturated carbocycles. The summed E-state index contributed by atoms with van der Waals surface area (Å²) in [5, 5.41) is 4.62. The van der Waals surface area contributed by atoms with Crippen LogP contribution in [0.15, 0.2) is 30.3 Å². The molecule has 0 atom stereocenters. The van der Waals surface area contributed by atoms with Crippen LogP contribution < -0.4 is 5.32 Å². The lowest BCUT2D eigenvalue weighted by molar-refractivity contribution is 0.382. The Morgan fingerprint density at radius 3 is 2.47 bits per heavy atom. The quantitative estimate of drug-likeness (QED) is 0.857. The molecule has 0 aromatic heterocycles. The third-order valence-electron chi connectivity index (χ3n) is 3.70. The van der Waals surface area contributed by atoms with E-state index in [9.17, 15) is 0 Å². The van der Waals surface area contributed by atoms with Gasteiger partial charge in [0.2, 0.25) is 0 Å². The van der Waals surface area contributed by atoms with Crippen LogP contribution in [0.4, 0.5) is 0 Å². The molecule has 17 heavy (non-hydrogen) atoms. The van der Waals surface area contributed by atoms with E-state index in [1.807, 2.05) is 11.8 Å². The molecule has 1 aliphatic rings. The second-order valence-electron chi connectivity index (χ2n) is 4.90. The Bertz CT molecular complexity index is 304. The number of thioether (sulfide) groups is 1. The molecule has 0 amide bonds. The van der Waals surface area contributed by atoms with Crippen LogP contribution in [0.3, 0.4) is 0 Å². The van der Waals surface area contributed by atoms with E-state index in [4.69, 9.17) is 0 Å². The van der Waals surface area contributed by atoms with Gasteiger partial charge in [-0.2, -0.15) is 11.8 Å². The summed E-state index contributed by atoms with van der Waals surface area (Å²) in [6.07, 6.45) is 8.91. The van der Waals surface area contributed by atoms with Crippen LogP contribution in [0.25, 0.3) is 0 Å². The van der Waals surface area contributed by atoms with E-state index in [-0.39, 0.29) is 0 Å². The summed E-state index contributed by atoms with van der Waals surface area (Å²) in [6, 6.07) is 11.5. The zero-order valence-corrected chi connectivity index (χ0v) is 11.5. The van der Waals surface area contributed by atoms with Gasteiger partial charge in [-0.1, -0.05) is 30.3 Å². The SMILES string of the molecule is CSC1CCC(NCCc2ccccc2)CC1. The van der Waals surface area contributed by atoms with E-state index in [0.29, 0.717) is 0 Å². The standard InChI is InChI=1S/C15H23NS/c1-17-15-9-7-14(8-10-15)16-12-11-13-5-3-2-4-6-13/h2-6,14-16H,7-12H2,1H3. The third-order valence-corrected chi connectivity index (χ3v) is 4.84. The van der Waals surface area contributed by atoms with Crippen LogP contribution in [-0.2, 0) is 6.42 Å².